The number of hydrogen-bond acceptors (Lipinski definition) is 3. The van der Waals surface area contributed by atoms with Crippen LogP contribution in [0.3, 0.4) is 0 Å². The molecule has 88 valence electrons. The lowest BCUT2D eigenvalue weighted by Crippen LogP contribution is -2.34. The molecule has 0 aromatic carbocycles. The summed E-state index contributed by atoms with van der Waals surface area (Å²) in [6.07, 6.45) is 7.56. The Morgan fingerprint density at radius 2 is 1.88 bits per heavy atom. The van der Waals surface area contributed by atoms with Crippen LogP contribution in [0, 0.1) is 0 Å². The van der Waals surface area contributed by atoms with Crippen LogP contribution in [-0.4, -0.2) is 41.2 Å². The van der Waals surface area contributed by atoms with Crippen molar-refractivity contribution in [3.05, 3.63) is 30.1 Å². The van der Waals surface area contributed by atoms with Gasteiger partial charge in [0.25, 0.3) is 0 Å². The van der Waals surface area contributed by atoms with Gasteiger partial charge in [0.15, 0.2) is 0 Å². The molecule has 3 heteroatoms. The number of pyridine rings is 1. The molecule has 0 saturated carbocycles. The number of rotatable bonds is 4. The van der Waals surface area contributed by atoms with Crippen LogP contribution in [0.4, 0.5) is 0 Å². The van der Waals surface area contributed by atoms with Gasteiger partial charge in [0.05, 0.1) is 6.61 Å². The lowest BCUT2D eigenvalue weighted by Gasteiger charge is -2.29. The van der Waals surface area contributed by atoms with E-state index in [0.29, 0.717) is 0 Å². The summed E-state index contributed by atoms with van der Waals surface area (Å²) in [5.41, 5.74) is 1.20. The largest absolute Gasteiger partial charge is 0.396 e. The van der Waals surface area contributed by atoms with Crippen LogP contribution in [0.1, 0.15) is 30.7 Å². The minimum Gasteiger partial charge on any atom is -0.396 e. The topological polar surface area (TPSA) is 36.4 Å². The Balaban J connectivity index is 1.94. The minimum absolute atomic E-state index is 0.223. The van der Waals surface area contributed by atoms with E-state index in [-0.39, 0.29) is 12.5 Å². The lowest BCUT2D eigenvalue weighted by molar-refractivity contribution is 0.179. The Morgan fingerprint density at radius 3 is 2.50 bits per heavy atom. The lowest BCUT2D eigenvalue weighted by atomic mass is 9.99. The average Bonchev–Trinajstić information content (AvgIpc) is 2.38. The molecule has 0 radical (unpaired) electrons. The van der Waals surface area contributed by atoms with Crippen molar-refractivity contribution in [2.24, 2.45) is 0 Å². The third kappa shape index (κ3) is 3.03. The summed E-state index contributed by atoms with van der Waals surface area (Å²) >= 11 is 0. The van der Waals surface area contributed by atoms with E-state index in [4.69, 9.17) is 0 Å². The Bertz CT molecular complexity index is 296. The van der Waals surface area contributed by atoms with Crippen LogP contribution < -0.4 is 0 Å². The molecule has 0 aliphatic carbocycles. The fraction of sp³-hybridized carbons (Fsp3) is 0.615. The molecule has 1 unspecified atom stereocenters. The Labute approximate surface area is 97.1 Å². The molecule has 0 bridgehead atoms. The summed E-state index contributed by atoms with van der Waals surface area (Å²) in [7, 11) is 0. The first kappa shape index (κ1) is 11.6. The Morgan fingerprint density at radius 1 is 1.19 bits per heavy atom. The molecule has 1 saturated heterocycles. The monoisotopic (exact) mass is 220 g/mol. The first-order valence-corrected chi connectivity index (χ1v) is 6.13. The second kappa shape index (κ2) is 5.97. The van der Waals surface area contributed by atoms with Gasteiger partial charge >= 0.3 is 0 Å². The van der Waals surface area contributed by atoms with Crippen molar-refractivity contribution in [3.63, 3.8) is 0 Å². The standard InChI is InChI=1S/C13H20N2O/c16-11-13(12-4-6-14-7-5-12)10-15-8-2-1-3-9-15/h4-7,13,16H,1-3,8-11H2. The van der Waals surface area contributed by atoms with Crippen LogP contribution in [0.25, 0.3) is 0 Å². The van der Waals surface area contributed by atoms with E-state index in [1.54, 1.807) is 12.4 Å². The molecular formula is C13H20N2O. The van der Waals surface area contributed by atoms with Gasteiger partial charge in [-0.2, -0.15) is 0 Å². The van der Waals surface area contributed by atoms with Crippen molar-refractivity contribution in [2.75, 3.05) is 26.2 Å². The van der Waals surface area contributed by atoms with E-state index < -0.39 is 0 Å². The SMILES string of the molecule is OCC(CN1CCCCC1)c1ccncc1. The highest BCUT2D eigenvalue weighted by Gasteiger charge is 2.17. The second-order valence-corrected chi connectivity index (χ2v) is 4.52. The summed E-state index contributed by atoms with van der Waals surface area (Å²) < 4.78 is 0. The summed E-state index contributed by atoms with van der Waals surface area (Å²) in [4.78, 5) is 6.48. The van der Waals surface area contributed by atoms with E-state index >= 15 is 0 Å². The smallest absolute Gasteiger partial charge is 0.0512 e. The summed E-state index contributed by atoms with van der Waals surface area (Å²) in [6.45, 7) is 3.56. The van der Waals surface area contributed by atoms with Crippen LogP contribution in [0.5, 0.6) is 0 Å². The van der Waals surface area contributed by atoms with Crippen molar-refractivity contribution < 1.29 is 5.11 Å². The number of nitrogens with zero attached hydrogens (tertiary/aromatic N) is 2. The van der Waals surface area contributed by atoms with Crippen molar-refractivity contribution >= 4 is 0 Å². The van der Waals surface area contributed by atoms with E-state index in [9.17, 15) is 5.11 Å². The van der Waals surface area contributed by atoms with Gasteiger partial charge in [-0.3, -0.25) is 4.98 Å². The van der Waals surface area contributed by atoms with Crippen molar-refractivity contribution in [1.29, 1.82) is 0 Å². The van der Waals surface area contributed by atoms with Gasteiger partial charge in [-0.1, -0.05) is 6.42 Å². The Kier molecular flexibility index (Phi) is 4.31. The first-order chi connectivity index (χ1) is 7.90. The highest BCUT2D eigenvalue weighted by Crippen LogP contribution is 2.18. The number of hydrogen-bond donors (Lipinski definition) is 1. The van der Waals surface area contributed by atoms with Gasteiger partial charge in [0, 0.05) is 24.9 Å². The normalized spacial score (nSPS) is 19.6. The van der Waals surface area contributed by atoms with Crippen molar-refractivity contribution in [1.82, 2.24) is 9.88 Å². The molecule has 1 aromatic heterocycles. The molecule has 1 N–H and O–H groups in total. The second-order valence-electron chi connectivity index (χ2n) is 4.52. The van der Waals surface area contributed by atoms with Crippen LogP contribution in [0.2, 0.25) is 0 Å². The number of piperidine rings is 1. The maximum absolute atomic E-state index is 9.46. The van der Waals surface area contributed by atoms with Crippen molar-refractivity contribution in [2.45, 2.75) is 25.2 Å². The van der Waals surface area contributed by atoms with Gasteiger partial charge in [0.2, 0.25) is 0 Å². The highest BCUT2D eigenvalue weighted by atomic mass is 16.3. The summed E-state index contributed by atoms with van der Waals surface area (Å²) in [5.74, 6) is 0.237. The third-order valence-electron chi connectivity index (χ3n) is 3.33. The zero-order chi connectivity index (χ0) is 11.2. The summed E-state index contributed by atoms with van der Waals surface area (Å²) in [6, 6.07) is 4.01. The maximum Gasteiger partial charge on any atom is 0.0512 e. The number of aliphatic hydroxyl groups excluding tert-OH is 1. The van der Waals surface area contributed by atoms with Gasteiger partial charge in [-0.25, -0.2) is 0 Å². The molecule has 2 heterocycles. The molecule has 1 aromatic rings. The molecule has 0 spiro atoms. The van der Waals surface area contributed by atoms with Crippen LogP contribution in [-0.2, 0) is 0 Å². The molecule has 3 nitrogen and oxygen atoms in total. The molecule has 1 aliphatic rings. The van der Waals surface area contributed by atoms with E-state index in [0.717, 1.165) is 6.54 Å². The molecular weight excluding hydrogens is 200 g/mol. The van der Waals surface area contributed by atoms with Gasteiger partial charge < -0.3 is 10.0 Å². The number of likely N-dealkylation sites (tertiary alicyclic amines) is 1. The zero-order valence-corrected chi connectivity index (χ0v) is 9.68. The molecule has 1 fully saturated rings. The van der Waals surface area contributed by atoms with Gasteiger partial charge in [-0.05, 0) is 43.6 Å². The van der Waals surface area contributed by atoms with Crippen LogP contribution in [0.15, 0.2) is 24.5 Å². The number of aromatic nitrogens is 1. The summed E-state index contributed by atoms with van der Waals surface area (Å²) in [5, 5.41) is 9.46. The molecule has 1 atom stereocenters. The maximum atomic E-state index is 9.46. The molecule has 2 rings (SSSR count). The minimum atomic E-state index is 0.223. The average molecular weight is 220 g/mol. The fourth-order valence-corrected chi connectivity index (χ4v) is 2.36. The van der Waals surface area contributed by atoms with Gasteiger partial charge in [-0.15, -0.1) is 0 Å². The van der Waals surface area contributed by atoms with E-state index in [1.165, 1.54) is 37.9 Å². The quantitative estimate of drug-likeness (QED) is 0.838. The predicted octanol–water partition coefficient (Wildman–Crippen LogP) is 1.64. The number of aliphatic hydroxyl groups is 1. The van der Waals surface area contributed by atoms with E-state index in [1.807, 2.05) is 12.1 Å². The highest BCUT2D eigenvalue weighted by molar-refractivity contribution is 5.16. The zero-order valence-electron chi connectivity index (χ0n) is 9.68. The molecule has 0 amide bonds. The predicted molar refractivity (Wildman–Crippen MR) is 64.4 cm³/mol. The first-order valence-electron chi connectivity index (χ1n) is 6.13. The third-order valence-corrected chi connectivity index (χ3v) is 3.33. The molecule has 1 aliphatic heterocycles. The Hall–Kier alpha value is -0.930. The van der Waals surface area contributed by atoms with Crippen molar-refractivity contribution in [3.8, 4) is 0 Å². The van der Waals surface area contributed by atoms with Gasteiger partial charge in [0.1, 0.15) is 0 Å². The molecule has 16 heavy (non-hydrogen) atoms. The van der Waals surface area contributed by atoms with E-state index in [2.05, 4.69) is 9.88 Å². The fourth-order valence-electron chi connectivity index (χ4n) is 2.36. The van der Waals surface area contributed by atoms with Crippen LogP contribution >= 0.6 is 0 Å².